The quantitative estimate of drug-likeness (QED) is 0.279. The minimum absolute atomic E-state index is 0.0771. The molecule has 0 atom stereocenters. The second-order valence-corrected chi connectivity index (χ2v) is 7.79. The largest absolute Gasteiger partial charge is 0.456 e. The summed E-state index contributed by atoms with van der Waals surface area (Å²) < 4.78 is 18.7. The van der Waals surface area contributed by atoms with Crippen LogP contribution in [0.3, 0.4) is 0 Å². The number of carbonyl (C=O) groups excluding carboxylic acids is 1. The second-order valence-electron chi connectivity index (χ2n) is 7.79. The van der Waals surface area contributed by atoms with E-state index in [9.17, 15) is 19.3 Å². The van der Waals surface area contributed by atoms with Gasteiger partial charge in [0, 0.05) is 17.4 Å². The molecule has 160 valence electrons. The van der Waals surface area contributed by atoms with Crippen LogP contribution in [0.4, 0.5) is 32.8 Å². The third-order valence-corrected chi connectivity index (χ3v) is 4.14. The molecular weight excluding hydrogens is 401 g/mol. The Hall–Kier alpha value is -3.94. The van der Waals surface area contributed by atoms with Crippen molar-refractivity contribution in [2.24, 2.45) is 0 Å². The number of rotatable bonds is 6. The van der Waals surface area contributed by atoms with Crippen molar-refractivity contribution >= 4 is 34.4 Å². The smallest absolute Gasteiger partial charge is 0.340 e. The number of ether oxygens (including phenoxy) is 1. The SMILES string of the molecule is CC(C)(C)OC(=O)c1ccc(Nc2ccccc2[N+](=O)[O-])cc1Nc1ccc(F)cc1. The summed E-state index contributed by atoms with van der Waals surface area (Å²) >= 11 is 0. The highest BCUT2D eigenvalue weighted by Gasteiger charge is 2.21. The first-order valence-corrected chi connectivity index (χ1v) is 9.53. The molecule has 7 nitrogen and oxygen atoms in total. The van der Waals surface area contributed by atoms with E-state index in [1.807, 2.05) is 0 Å². The first-order valence-electron chi connectivity index (χ1n) is 9.53. The molecule has 3 aromatic carbocycles. The molecule has 31 heavy (non-hydrogen) atoms. The van der Waals surface area contributed by atoms with E-state index in [1.165, 1.54) is 30.3 Å². The van der Waals surface area contributed by atoms with Gasteiger partial charge in [0.05, 0.1) is 16.2 Å². The number of nitro groups is 1. The van der Waals surface area contributed by atoms with Crippen LogP contribution in [0, 0.1) is 15.9 Å². The number of hydrogen-bond donors (Lipinski definition) is 2. The van der Waals surface area contributed by atoms with Crippen molar-refractivity contribution in [3.63, 3.8) is 0 Å². The molecule has 3 aromatic rings. The van der Waals surface area contributed by atoms with Gasteiger partial charge in [0.15, 0.2) is 0 Å². The lowest BCUT2D eigenvalue weighted by atomic mass is 10.1. The standard InChI is InChI=1S/C23H22FN3O4/c1-23(2,3)31-22(28)18-13-12-17(26-19-6-4-5-7-21(19)27(29)30)14-20(18)25-16-10-8-15(24)9-11-16/h4-14,25-26H,1-3H3. The van der Waals surface area contributed by atoms with Crippen molar-refractivity contribution in [3.8, 4) is 0 Å². The molecule has 2 N–H and O–H groups in total. The summed E-state index contributed by atoms with van der Waals surface area (Å²) in [5.74, 6) is -0.918. The van der Waals surface area contributed by atoms with Gasteiger partial charge in [-0.05, 0) is 69.3 Å². The Labute approximate surface area is 179 Å². The fourth-order valence-electron chi connectivity index (χ4n) is 2.82. The van der Waals surface area contributed by atoms with Gasteiger partial charge >= 0.3 is 5.97 Å². The number of anilines is 4. The molecule has 3 rings (SSSR count). The van der Waals surface area contributed by atoms with Gasteiger partial charge in [-0.25, -0.2) is 9.18 Å². The van der Waals surface area contributed by atoms with Crippen LogP contribution in [0.15, 0.2) is 66.7 Å². The van der Waals surface area contributed by atoms with Crippen LogP contribution >= 0.6 is 0 Å². The minimum atomic E-state index is -0.689. The van der Waals surface area contributed by atoms with Crippen LogP contribution in [0.25, 0.3) is 0 Å². The number of benzene rings is 3. The normalized spacial score (nSPS) is 11.0. The van der Waals surface area contributed by atoms with Crippen LogP contribution in [-0.2, 0) is 4.74 Å². The molecule has 0 saturated heterocycles. The van der Waals surface area contributed by atoms with E-state index in [-0.39, 0.29) is 17.1 Å². The average molecular weight is 423 g/mol. The average Bonchev–Trinajstić information content (AvgIpc) is 2.69. The molecule has 0 aliphatic heterocycles. The molecule has 0 spiro atoms. The molecule has 0 heterocycles. The van der Waals surface area contributed by atoms with Gasteiger partial charge in [0.1, 0.15) is 17.1 Å². The lowest BCUT2D eigenvalue weighted by molar-refractivity contribution is -0.383. The van der Waals surface area contributed by atoms with Crippen LogP contribution in [0.2, 0.25) is 0 Å². The van der Waals surface area contributed by atoms with Crippen molar-refractivity contribution in [2.75, 3.05) is 10.6 Å². The highest BCUT2D eigenvalue weighted by atomic mass is 19.1. The Morgan fingerprint density at radius 3 is 2.19 bits per heavy atom. The summed E-state index contributed by atoms with van der Waals surface area (Å²) in [6, 6.07) is 16.8. The first-order chi connectivity index (χ1) is 14.6. The van der Waals surface area contributed by atoms with E-state index in [0.29, 0.717) is 22.7 Å². The van der Waals surface area contributed by atoms with Crippen LogP contribution in [-0.4, -0.2) is 16.5 Å². The maximum absolute atomic E-state index is 13.3. The van der Waals surface area contributed by atoms with Crippen LogP contribution in [0.5, 0.6) is 0 Å². The zero-order chi connectivity index (χ0) is 22.6. The van der Waals surface area contributed by atoms with Gasteiger partial charge < -0.3 is 15.4 Å². The number of halogens is 1. The van der Waals surface area contributed by atoms with Crippen LogP contribution < -0.4 is 10.6 Å². The fraction of sp³-hybridized carbons (Fsp3) is 0.174. The molecule has 0 fully saturated rings. The first kappa shape index (κ1) is 21.8. The maximum Gasteiger partial charge on any atom is 0.340 e. The number of carbonyl (C=O) groups is 1. The molecule has 8 heteroatoms. The number of nitro benzene ring substituents is 1. The Balaban J connectivity index is 1.98. The Morgan fingerprint density at radius 1 is 0.935 bits per heavy atom. The van der Waals surface area contributed by atoms with E-state index in [2.05, 4.69) is 10.6 Å². The van der Waals surface area contributed by atoms with E-state index in [4.69, 9.17) is 4.74 Å². The third kappa shape index (κ3) is 5.79. The van der Waals surface area contributed by atoms with E-state index >= 15 is 0 Å². The zero-order valence-electron chi connectivity index (χ0n) is 17.3. The number of hydrogen-bond acceptors (Lipinski definition) is 6. The summed E-state index contributed by atoms with van der Waals surface area (Å²) in [4.78, 5) is 23.5. The molecule has 0 unspecified atom stereocenters. The van der Waals surface area contributed by atoms with Crippen molar-refractivity contribution < 1.29 is 18.8 Å². The third-order valence-electron chi connectivity index (χ3n) is 4.14. The van der Waals surface area contributed by atoms with E-state index in [1.54, 1.807) is 57.2 Å². The Kier molecular flexibility index (Phi) is 6.20. The van der Waals surface area contributed by atoms with Gasteiger partial charge in [-0.2, -0.15) is 0 Å². The Bertz CT molecular complexity index is 1110. The van der Waals surface area contributed by atoms with Gasteiger partial charge in [-0.3, -0.25) is 10.1 Å². The van der Waals surface area contributed by atoms with Crippen molar-refractivity contribution in [1.82, 2.24) is 0 Å². The predicted octanol–water partition coefficient (Wildman–Crippen LogP) is 6.18. The highest BCUT2D eigenvalue weighted by molar-refractivity contribution is 5.98. The predicted molar refractivity (Wildman–Crippen MR) is 118 cm³/mol. The molecule has 0 saturated carbocycles. The topological polar surface area (TPSA) is 93.5 Å². The lowest BCUT2D eigenvalue weighted by Gasteiger charge is -2.21. The lowest BCUT2D eigenvalue weighted by Crippen LogP contribution is -2.24. The molecule has 0 aromatic heterocycles. The van der Waals surface area contributed by atoms with Crippen molar-refractivity contribution in [3.05, 3.63) is 88.2 Å². The second kappa shape index (κ2) is 8.83. The number of nitrogens with one attached hydrogen (secondary N) is 2. The monoisotopic (exact) mass is 423 g/mol. The number of esters is 1. The molecular formula is C23H22FN3O4. The number of nitrogens with zero attached hydrogens (tertiary/aromatic N) is 1. The molecule has 0 bridgehead atoms. The van der Waals surface area contributed by atoms with Crippen LogP contribution in [0.1, 0.15) is 31.1 Å². The molecule has 0 radical (unpaired) electrons. The zero-order valence-corrected chi connectivity index (χ0v) is 17.3. The maximum atomic E-state index is 13.3. The minimum Gasteiger partial charge on any atom is -0.456 e. The fourth-order valence-corrected chi connectivity index (χ4v) is 2.82. The van der Waals surface area contributed by atoms with Gasteiger partial charge in [-0.15, -0.1) is 0 Å². The molecule has 0 aliphatic rings. The van der Waals surface area contributed by atoms with Gasteiger partial charge in [0.2, 0.25) is 0 Å². The number of para-hydroxylation sites is 2. The Morgan fingerprint density at radius 2 is 1.55 bits per heavy atom. The summed E-state index contributed by atoms with van der Waals surface area (Å²) in [7, 11) is 0. The molecule has 0 amide bonds. The van der Waals surface area contributed by atoms with Crippen molar-refractivity contribution in [2.45, 2.75) is 26.4 Å². The van der Waals surface area contributed by atoms with E-state index in [0.717, 1.165) is 0 Å². The summed E-state index contributed by atoms with van der Waals surface area (Å²) in [5, 5.41) is 17.4. The van der Waals surface area contributed by atoms with E-state index < -0.39 is 16.5 Å². The summed E-state index contributed by atoms with van der Waals surface area (Å²) in [6.45, 7) is 5.30. The highest BCUT2D eigenvalue weighted by Crippen LogP contribution is 2.31. The van der Waals surface area contributed by atoms with Gasteiger partial charge in [-0.1, -0.05) is 12.1 Å². The summed E-state index contributed by atoms with van der Waals surface area (Å²) in [6.07, 6.45) is 0. The summed E-state index contributed by atoms with van der Waals surface area (Å²) in [5.41, 5.74) is 1.31. The molecule has 0 aliphatic carbocycles. The van der Waals surface area contributed by atoms with Gasteiger partial charge in [0.25, 0.3) is 5.69 Å². The van der Waals surface area contributed by atoms with Crippen molar-refractivity contribution in [1.29, 1.82) is 0 Å².